The van der Waals surface area contributed by atoms with Crippen LogP contribution in [0.5, 0.6) is 0 Å². The molecule has 24 heavy (non-hydrogen) atoms. The number of nitrogens with one attached hydrogen (secondary N) is 1. The molecule has 0 amide bonds. The van der Waals surface area contributed by atoms with Gasteiger partial charge in [0, 0.05) is 0 Å². The zero-order valence-electron chi connectivity index (χ0n) is 12.6. The highest BCUT2D eigenvalue weighted by atomic mass is 19.3. The molecule has 0 saturated heterocycles. The molecule has 1 N–H and O–H groups in total. The number of aromatic nitrogens is 4. The number of anilines is 1. The number of hydrogen-bond acceptors (Lipinski definition) is 4. The van der Waals surface area contributed by atoms with Crippen LogP contribution in [0.1, 0.15) is 42.3 Å². The number of nitrogens with zero attached hydrogens (tertiary/aromatic N) is 4. The van der Waals surface area contributed by atoms with Gasteiger partial charge in [-0.1, -0.05) is 6.07 Å². The first-order chi connectivity index (χ1) is 11.6. The van der Waals surface area contributed by atoms with E-state index in [1.54, 1.807) is 18.2 Å². The number of fused-ring (bicyclic) bond motifs is 2. The van der Waals surface area contributed by atoms with Gasteiger partial charge in [-0.25, -0.2) is 13.2 Å². The van der Waals surface area contributed by atoms with E-state index in [1.807, 2.05) is 0 Å². The molecule has 5 nitrogen and oxygen atoms in total. The number of benzene rings is 1. The lowest BCUT2D eigenvalue weighted by Crippen LogP contribution is -2.19. The van der Waals surface area contributed by atoms with Gasteiger partial charge in [0.1, 0.15) is 11.6 Å². The monoisotopic (exact) mass is 333 g/mol. The van der Waals surface area contributed by atoms with Crippen LogP contribution < -0.4 is 5.32 Å². The fraction of sp³-hybridized carbons (Fsp3) is 0.312. The predicted octanol–water partition coefficient (Wildman–Crippen LogP) is 3.69. The summed E-state index contributed by atoms with van der Waals surface area (Å²) in [6.45, 7) is 0. The number of alkyl halides is 2. The van der Waals surface area contributed by atoms with Crippen molar-refractivity contribution in [3.63, 3.8) is 0 Å². The molecular weight excluding hydrogens is 319 g/mol. The molecule has 2 aromatic heterocycles. The van der Waals surface area contributed by atoms with Crippen molar-refractivity contribution >= 4 is 11.5 Å². The zero-order valence-corrected chi connectivity index (χ0v) is 12.6. The molecule has 1 aliphatic rings. The Bertz CT molecular complexity index is 893. The van der Waals surface area contributed by atoms with Crippen molar-refractivity contribution in [2.24, 2.45) is 0 Å². The van der Waals surface area contributed by atoms with Crippen LogP contribution in [-0.4, -0.2) is 19.8 Å². The van der Waals surface area contributed by atoms with Crippen LogP contribution >= 0.6 is 0 Å². The van der Waals surface area contributed by atoms with E-state index in [9.17, 15) is 13.2 Å². The summed E-state index contributed by atoms with van der Waals surface area (Å²) in [5, 5.41) is 14.5. The minimum Gasteiger partial charge on any atom is -0.362 e. The molecule has 1 aromatic carbocycles. The summed E-state index contributed by atoms with van der Waals surface area (Å²) >= 11 is 0. The molecule has 0 bridgehead atoms. The number of hydrogen-bond donors (Lipinski definition) is 1. The molecule has 8 heteroatoms. The predicted molar refractivity (Wildman–Crippen MR) is 81.4 cm³/mol. The summed E-state index contributed by atoms with van der Waals surface area (Å²) in [5.74, 6) is -0.361. The van der Waals surface area contributed by atoms with Gasteiger partial charge < -0.3 is 5.32 Å². The van der Waals surface area contributed by atoms with E-state index in [0.29, 0.717) is 5.82 Å². The lowest BCUT2D eigenvalue weighted by atomic mass is 9.87. The fourth-order valence-electron chi connectivity index (χ4n) is 3.12. The van der Waals surface area contributed by atoms with E-state index in [4.69, 9.17) is 0 Å². The number of aryl methyl sites for hydroxylation is 1. The van der Waals surface area contributed by atoms with Crippen LogP contribution in [0.3, 0.4) is 0 Å². The maximum Gasteiger partial charge on any atom is 0.299 e. The van der Waals surface area contributed by atoms with E-state index in [-0.39, 0.29) is 17.5 Å². The van der Waals surface area contributed by atoms with Crippen LogP contribution in [0.4, 0.5) is 19.0 Å². The smallest absolute Gasteiger partial charge is 0.299 e. The summed E-state index contributed by atoms with van der Waals surface area (Å²) in [6.07, 6.45) is -0.0679. The Morgan fingerprint density at radius 3 is 2.88 bits per heavy atom. The van der Waals surface area contributed by atoms with E-state index < -0.39 is 12.2 Å². The van der Waals surface area contributed by atoms with Crippen LogP contribution in [0.25, 0.3) is 5.65 Å². The Kier molecular flexibility index (Phi) is 3.59. The molecule has 4 rings (SSSR count). The van der Waals surface area contributed by atoms with Crippen LogP contribution in [0.2, 0.25) is 0 Å². The Morgan fingerprint density at radius 1 is 1.17 bits per heavy atom. The molecule has 0 saturated carbocycles. The summed E-state index contributed by atoms with van der Waals surface area (Å²) in [6, 6.07) is 7.90. The second-order valence-corrected chi connectivity index (χ2v) is 5.78. The SMILES string of the molecule is Fc1ccc2c(c1)C(Nc1ccc3nnc(C(F)F)n3n1)CCC2. The van der Waals surface area contributed by atoms with Crippen molar-refractivity contribution in [1.29, 1.82) is 0 Å². The van der Waals surface area contributed by atoms with Gasteiger partial charge in [-0.15, -0.1) is 15.3 Å². The van der Waals surface area contributed by atoms with Crippen molar-refractivity contribution < 1.29 is 13.2 Å². The van der Waals surface area contributed by atoms with Crippen LogP contribution in [0.15, 0.2) is 30.3 Å². The molecular formula is C16H14F3N5. The van der Waals surface area contributed by atoms with Gasteiger partial charge in [0.25, 0.3) is 6.43 Å². The molecule has 1 unspecified atom stereocenters. The van der Waals surface area contributed by atoms with E-state index in [1.165, 1.54) is 12.1 Å². The first kappa shape index (κ1) is 14.9. The number of halogens is 3. The lowest BCUT2D eigenvalue weighted by molar-refractivity contribution is 0.137. The van der Waals surface area contributed by atoms with Crippen molar-refractivity contribution in [3.8, 4) is 0 Å². The van der Waals surface area contributed by atoms with E-state index >= 15 is 0 Å². The Balaban J connectivity index is 1.68. The molecule has 124 valence electrons. The molecule has 1 aliphatic carbocycles. The minimum absolute atomic E-state index is 0.110. The maximum atomic E-state index is 13.6. The zero-order chi connectivity index (χ0) is 16.7. The topological polar surface area (TPSA) is 55.1 Å². The van der Waals surface area contributed by atoms with Gasteiger partial charge in [-0.2, -0.15) is 4.52 Å². The highest BCUT2D eigenvalue weighted by Crippen LogP contribution is 2.32. The molecule has 0 spiro atoms. The Morgan fingerprint density at radius 2 is 2.04 bits per heavy atom. The molecule has 1 atom stereocenters. The summed E-state index contributed by atoms with van der Waals surface area (Å²) < 4.78 is 40.5. The van der Waals surface area contributed by atoms with Crippen molar-refractivity contribution in [2.75, 3.05) is 5.32 Å². The van der Waals surface area contributed by atoms with Gasteiger partial charge in [0.15, 0.2) is 5.65 Å². The molecule has 0 aliphatic heterocycles. The third-order valence-corrected chi connectivity index (χ3v) is 4.23. The highest BCUT2D eigenvalue weighted by molar-refractivity contribution is 5.47. The summed E-state index contributed by atoms with van der Waals surface area (Å²) in [7, 11) is 0. The van der Waals surface area contributed by atoms with Crippen molar-refractivity contribution in [2.45, 2.75) is 31.7 Å². The largest absolute Gasteiger partial charge is 0.362 e. The molecule has 3 aromatic rings. The second-order valence-electron chi connectivity index (χ2n) is 5.78. The number of rotatable bonds is 3. The molecule has 0 radical (unpaired) electrons. The van der Waals surface area contributed by atoms with Gasteiger partial charge in [-0.05, 0) is 54.7 Å². The quantitative estimate of drug-likeness (QED) is 0.794. The average molecular weight is 333 g/mol. The minimum atomic E-state index is -2.76. The highest BCUT2D eigenvalue weighted by Gasteiger charge is 2.22. The third-order valence-electron chi connectivity index (χ3n) is 4.23. The van der Waals surface area contributed by atoms with Crippen molar-refractivity contribution in [1.82, 2.24) is 19.8 Å². The molecule has 2 heterocycles. The first-order valence-corrected chi connectivity index (χ1v) is 7.67. The summed E-state index contributed by atoms with van der Waals surface area (Å²) in [5.41, 5.74) is 2.24. The first-order valence-electron chi connectivity index (χ1n) is 7.67. The fourth-order valence-corrected chi connectivity index (χ4v) is 3.12. The Labute approximate surface area is 135 Å². The third kappa shape index (κ3) is 2.57. The molecule has 0 fully saturated rings. The van der Waals surface area contributed by atoms with Gasteiger partial charge in [-0.3, -0.25) is 0 Å². The van der Waals surface area contributed by atoms with E-state index in [2.05, 4.69) is 20.6 Å². The normalized spacial score (nSPS) is 17.2. The second kappa shape index (κ2) is 5.77. The van der Waals surface area contributed by atoms with Gasteiger partial charge in [0.05, 0.1) is 6.04 Å². The van der Waals surface area contributed by atoms with Gasteiger partial charge in [0.2, 0.25) is 5.82 Å². The average Bonchev–Trinajstić information content (AvgIpc) is 2.99. The van der Waals surface area contributed by atoms with E-state index in [0.717, 1.165) is 34.9 Å². The standard InChI is InChI=1S/C16H14F3N5/c17-10-5-4-9-2-1-3-12(11(9)8-10)20-13-6-7-14-21-22-16(15(18)19)24(14)23-13/h4-8,12,15H,1-3H2,(H,20,23). The van der Waals surface area contributed by atoms with Crippen molar-refractivity contribution in [3.05, 3.63) is 53.1 Å². The summed E-state index contributed by atoms with van der Waals surface area (Å²) in [4.78, 5) is 0. The van der Waals surface area contributed by atoms with Crippen LogP contribution in [-0.2, 0) is 6.42 Å². The maximum absolute atomic E-state index is 13.6. The Hall–Kier alpha value is -2.64. The van der Waals surface area contributed by atoms with Gasteiger partial charge >= 0.3 is 0 Å². The van der Waals surface area contributed by atoms with Crippen LogP contribution in [0, 0.1) is 5.82 Å². The lowest BCUT2D eigenvalue weighted by Gasteiger charge is -2.26.